The molecule has 0 bridgehead atoms. The van der Waals surface area contributed by atoms with Gasteiger partial charge >= 0.3 is 0 Å². The lowest BCUT2D eigenvalue weighted by atomic mass is 10.3. The van der Waals surface area contributed by atoms with Crippen molar-refractivity contribution in [1.29, 1.82) is 5.26 Å². The minimum atomic E-state index is -3.18. The van der Waals surface area contributed by atoms with Crippen LogP contribution in [-0.2, 0) is 16.3 Å². The van der Waals surface area contributed by atoms with Crippen molar-refractivity contribution in [2.75, 3.05) is 5.75 Å². The van der Waals surface area contributed by atoms with Gasteiger partial charge in [0.25, 0.3) is 0 Å². The second-order valence-corrected chi connectivity index (χ2v) is 5.00. The summed E-state index contributed by atoms with van der Waals surface area (Å²) in [6, 6.07) is 4.99. The van der Waals surface area contributed by atoms with E-state index in [1.165, 1.54) is 12.3 Å². The van der Waals surface area contributed by atoms with E-state index in [2.05, 4.69) is 4.98 Å². The maximum Gasteiger partial charge on any atom is 0.179 e. The highest BCUT2D eigenvalue weighted by atomic mass is 32.2. The molecule has 0 saturated carbocycles. The molecule has 0 aliphatic heterocycles. The number of rotatable bonds is 3. The van der Waals surface area contributed by atoms with E-state index in [9.17, 15) is 8.42 Å². The van der Waals surface area contributed by atoms with Crippen LogP contribution in [0.25, 0.3) is 0 Å². The number of hydrogen-bond acceptors (Lipinski definition) is 4. The molecule has 0 aliphatic carbocycles. The summed E-state index contributed by atoms with van der Waals surface area (Å²) < 4.78 is 22.7. The van der Waals surface area contributed by atoms with Gasteiger partial charge in [-0.25, -0.2) is 8.42 Å². The highest BCUT2D eigenvalue weighted by molar-refractivity contribution is 7.91. The molecule has 0 amide bonds. The van der Waals surface area contributed by atoms with Crippen LogP contribution in [0.3, 0.4) is 0 Å². The van der Waals surface area contributed by atoms with Gasteiger partial charge in [-0.05, 0) is 12.1 Å². The fourth-order valence-electron chi connectivity index (χ4n) is 0.947. The topological polar surface area (TPSA) is 70.8 Å². The monoisotopic (exact) mass is 210 g/mol. The molecule has 0 fully saturated rings. The van der Waals surface area contributed by atoms with E-state index in [0.29, 0.717) is 5.69 Å². The number of nitriles is 1. The third-order valence-electron chi connectivity index (χ3n) is 1.80. The van der Waals surface area contributed by atoms with E-state index < -0.39 is 9.84 Å². The molecular weight excluding hydrogens is 200 g/mol. The molecule has 0 N–H and O–H groups in total. The molecule has 74 valence electrons. The minimum absolute atomic E-state index is 0.0618. The van der Waals surface area contributed by atoms with Crippen LogP contribution >= 0.6 is 0 Å². The molecule has 5 heteroatoms. The molecule has 0 unspecified atom stereocenters. The largest absolute Gasteiger partial charge is 0.259 e. The lowest BCUT2D eigenvalue weighted by Gasteiger charge is -2.00. The van der Waals surface area contributed by atoms with E-state index in [-0.39, 0.29) is 17.1 Å². The number of nitrogens with zero attached hydrogens (tertiary/aromatic N) is 2. The van der Waals surface area contributed by atoms with Crippen LogP contribution in [0.4, 0.5) is 0 Å². The SMILES string of the molecule is CCS(=O)(=O)c1ccc(CC#N)nc1. The summed E-state index contributed by atoms with van der Waals surface area (Å²) in [6.45, 7) is 1.58. The molecule has 1 aromatic rings. The molecule has 0 aromatic carbocycles. The van der Waals surface area contributed by atoms with Gasteiger partial charge in [0.1, 0.15) is 0 Å². The van der Waals surface area contributed by atoms with Crippen molar-refractivity contribution in [3.63, 3.8) is 0 Å². The zero-order valence-corrected chi connectivity index (χ0v) is 8.58. The first-order valence-electron chi connectivity index (χ1n) is 4.15. The summed E-state index contributed by atoms with van der Waals surface area (Å²) in [5, 5.41) is 8.39. The summed E-state index contributed by atoms with van der Waals surface area (Å²) in [5.74, 6) is 0.0618. The Morgan fingerprint density at radius 2 is 2.21 bits per heavy atom. The number of hydrogen-bond donors (Lipinski definition) is 0. The van der Waals surface area contributed by atoms with Crippen molar-refractivity contribution < 1.29 is 8.42 Å². The predicted molar refractivity (Wildman–Crippen MR) is 51.3 cm³/mol. The first kappa shape index (κ1) is 10.7. The average Bonchev–Trinajstić information content (AvgIpc) is 2.19. The number of pyridine rings is 1. The molecule has 0 spiro atoms. The van der Waals surface area contributed by atoms with E-state index in [0.717, 1.165) is 0 Å². The van der Waals surface area contributed by atoms with Crippen molar-refractivity contribution in [2.45, 2.75) is 18.2 Å². The number of sulfone groups is 1. The van der Waals surface area contributed by atoms with Crippen LogP contribution in [0.1, 0.15) is 12.6 Å². The normalized spacial score (nSPS) is 10.9. The van der Waals surface area contributed by atoms with Gasteiger partial charge in [0.15, 0.2) is 9.84 Å². The Morgan fingerprint density at radius 1 is 1.50 bits per heavy atom. The molecule has 4 nitrogen and oxygen atoms in total. The van der Waals surface area contributed by atoms with Crippen LogP contribution in [0.15, 0.2) is 23.2 Å². The fraction of sp³-hybridized carbons (Fsp3) is 0.333. The first-order chi connectivity index (χ1) is 6.60. The summed E-state index contributed by atoms with van der Waals surface area (Å²) in [4.78, 5) is 4.09. The van der Waals surface area contributed by atoms with Gasteiger partial charge in [-0.2, -0.15) is 5.26 Å². The van der Waals surface area contributed by atoms with Gasteiger partial charge in [-0.3, -0.25) is 4.98 Å². The zero-order chi connectivity index (χ0) is 10.6. The molecule has 1 heterocycles. The number of aromatic nitrogens is 1. The smallest absolute Gasteiger partial charge is 0.179 e. The third-order valence-corrected chi connectivity index (χ3v) is 3.52. The van der Waals surface area contributed by atoms with Gasteiger partial charge in [-0.1, -0.05) is 6.92 Å². The van der Waals surface area contributed by atoms with Crippen LogP contribution in [0.2, 0.25) is 0 Å². The Morgan fingerprint density at radius 3 is 2.64 bits per heavy atom. The molecular formula is C9H10N2O2S. The molecule has 1 aromatic heterocycles. The lowest BCUT2D eigenvalue weighted by molar-refractivity contribution is 0.597. The Bertz CT molecular complexity index is 443. The van der Waals surface area contributed by atoms with Crippen molar-refractivity contribution in [3.8, 4) is 6.07 Å². The Hall–Kier alpha value is -1.41. The van der Waals surface area contributed by atoms with Gasteiger partial charge in [0.05, 0.1) is 28.8 Å². The highest BCUT2D eigenvalue weighted by Gasteiger charge is 2.11. The van der Waals surface area contributed by atoms with E-state index in [1.807, 2.05) is 6.07 Å². The quantitative estimate of drug-likeness (QED) is 0.744. The summed E-state index contributed by atoms with van der Waals surface area (Å²) in [6.07, 6.45) is 1.50. The first-order valence-corrected chi connectivity index (χ1v) is 5.80. The van der Waals surface area contributed by atoms with Crippen LogP contribution < -0.4 is 0 Å². The molecule has 1 rings (SSSR count). The lowest BCUT2D eigenvalue weighted by Crippen LogP contribution is -2.04. The maximum atomic E-state index is 11.4. The van der Waals surface area contributed by atoms with Gasteiger partial charge in [0, 0.05) is 6.20 Å². The van der Waals surface area contributed by atoms with Crippen molar-refractivity contribution in [3.05, 3.63) is 24.0 Å². The maximum absolute atomic E-state index is 11.4. The minimum Gasteiger partial charge on any atom is -0.259 e. The van der Waals surface area contributed by atoms with E-state index in [1.54, 1.807) is 13.0 Å². The second kappa shape index (κ2) is 4.20. The summed E-state index contributed by atoms with van der Waals surface area (Å²) in [5.41, 5.74) is 0.586. The molecule has 0 radical (unpaired) electrons. The van der Waals surface area contributed by atoms with E-state index in [4.69, 9.17) is 5.26 Å². The Balaban J connectivity index is 3.01. The summed E-state index contributed by atoms with van der Waals surface area (Å²) >= 11 is 0. The van der Waals surface area contributed by atoms with Gasteiger partial charge < -0.3 is 0 Å². The predicted octanol–water partition coefficient (Wildman–Crippen LogP) is 0.941. The summed E-state index contributed by atoms with van der Waals surface area (Å²) in [7, 11) is -3.18. The van der Waals surface area contributed by atoms with Crippen LogP contribution in [-0.4, -0.2) is 19.2 Å². The average molecular weight is 210 g/mol. The van der Waals surface area contributed by atoms with Crippen molar-refractivity contribution >= 4 is 9.84 Å². The van der Waals surface area contributed by atoms with Crippen LogP contribution in [0, 0.1) is 11.3 Å². The van der Waals surface area contributed by atoms with Crippen LogP contribution in [0.5, 0.6) is 0 Å². The van der Waals surface area contributed by atoms with E-state index >= 15 is 0 Å². The Kier molecular flexibility index (Phi) is 3.20. The van der Waals surface area contributed by atoms with Crippen molar-refractivity contribution in [2.24, 2.45) is 0 Å². The van der Waals surface area contributed by atoms with Gasteiger partial charge in [0.2, 0.25) is 0 Å². The fourth-order valence-corrected chi connectivity index (χ4v) is 1.77. The molecule has 0 saturated heterocycles. The van der Waals surface area contributed by atoms with Crippen molar-refractivity contribution in [1.82, 2.24) is 4.98 Å². The zero-order valence-electron chi connectivity index (χ0n) is 7.77. The molecule has 0 atom stereocenters. The van der Waals surface area contributed by atoms with Gasteiger partial charge in [-0.15, -0.1) is 0 Å². The third kappa shape index (κ3) is 2.30. The molecule has 0 aliphatic rings. The second-order valence-electron chi connectivity index (χ2n) is 2.72. The highest BCUT2D eigenvalue weighted by Crippen LogP contribution is 2.09. The standard InChI is InChI=1S/C9H10N2O2S/c1-2-14(12,13)9-4-3-8(5-6-10)11-7-9/h3-4,7H,2,5H2,1H3. The Labute approximate surface area is 83.1 Å². The molecule has 14 heavy (non-hydrogen) atoms.